The molecule has 4 bridgehead atoms. The highest BCUT2D eigenvalue weighted by Crippen LogP contribution is 2.60. The number of amides is 2. The van der Waals surface area contributed by atoms with Crippen molar-refractivity contribution in [2.75, 3.05) is 40.4 Å². The molecule has 6 nitrogen and oxygen atoms in total. The van der Waals surface area contributed by atoms with E-state index in [-0.39, 0.29) is 11.3 Å². The molecule has 1 aromatic rings. The third-order valence-electron chi connectivity index (χ3n) is 8.49. The minimum absolute atomic E-state index is 0.0750. The molecule has 1 aliphatic heterocycles. The fraction of sp³-hybridized carbons (Fsp3) is 0.692. The van der Waals surface area contributed by atoms with Gasteiger partial charge in [0.15, 0.2) is 11.5 Å². The quantitative estimate of drug-likeness (QED) is 0.679. The summed E-state index contributed by atoms with van der Waals surface area (Å²) in [5.74, 6) is 4.30. The Morgan fingerprint density at radius 3 is 2.00 bits per heavy atom. The van der Waals surface area contributed by atoms with Crippen LogP contribution in [0.25, 0.3) is 0 Å². The molecule has 0 aromatic heterocycles. The molecule has 1 heterocycles. The largest absolute Gasteiger partial charge is 0.493 e. The number of carbonyl (C=O) groups excluding carboxylic acids is 2. The lowest BCUT2D eigenvalue weighted by Crippen LogP contribution is -2.58. The summed E-state index contributed by atoms with van der Waals surface area (Å²) in [5.41, 5.74) is 0.987. The molecule has 32 heavy (non-hydrogen) atoms. The van der Waals surface area contributed by atoms with E-state index in [0.717, 1.165) is 42.6 Å². The monoisotopic (exact) mass is 440 g/mol. The molecule has 4 saturated carbocycles. The van der Waals surface area contributed by atoms with Crippen molar-refractivity contribution in [2.24, 2.45) is 23.2 Å². The zero-order valence-electron chi connectivity index (χ0n) is 19.5. The summed E-state index contributed by atoms with van der Waals surface area (Å²) in [7, 11) is 3.24. The summed E-state index contributed by atoms with van der Waals surface area (Å²) >= 11 is 0. The van der Waals surface area contributed by atoms with Crippen LogP contribution in [0.4, 0.5) is 0 Å². The number of benzene rings is 1. The van der Waals surface area contributed by atoms with E-state index in [2.05, 4.69) is 4.90 Å². The Hall–Kier alpha value is -2.24. The molecule has 5 fully saturated rings. The molecule has 0 atom stereocenters. The first kappa shape index (κ1) is 21.6. The van der Waals surface area contributed by atoms with Gasteiger partial charge in [-0.15, -0.1) is 0 Å². The van der Waals surface area contributed by atoms with E-state index in [0.29, 0.717) is 56.4 Å². The summed E-state index contributed by atoms with van der Waals surface area (Å²) in [6.45, 7) is 2.68. The van der Waals surface area contributed by atoms with Crippen LogP contribution in [-0.2, 0) is 16.0 Å². The lowest BCUT2D eigenvalue weighted by atomic mass is 9.49. The van der Waals surface area contributed by atoms with E-state index in [1.54, 1.807) is 14.2 Å². The topological polar surface area (TPSA) is 59.1 Å². The molecule has 0 radical (unpaired) electrons. The predicted octanol–water partition coefficient (Wildman–Crippen LogP) is 3.52. The zero-order chi connectivity index (χ0) is 22.3. The van der Waals surface area contributed by atoms with Crippen molar-refractivity contribution in [3.63, 3.8) is 0 Å². The SMILES string of the molecule is COc1ccc(CCC(=O)N2CCN(C(=O)C34CC5CC(CC(C5)C3)C4)CC2)cc1OC. The van der Waals surface area contributed by atoms with Crippen LogP contribution in [0.5, 0.6) is 11.5 Å². The van der Waals surface area contributed by atoms with Gasteiger partial charge in [-0.25, -0.2) is 0 Å². The number of rotatable bonds is 6. The molecule has 6 rings (SSSR count). The van der Waals surface area contributed by atoms with E-state index in [1.807, 2.05) is 23.1 Å². The Kier molecular flexibility index (Phi) is 5.81. The average molecular weight is 441 g/mol. The second-order valence-corrected chi connectivity index (χ2v) is 10.6. The van der Waals surface area contributed by atoms with Crippen molar-refractivity contribution in [2.45, 2.75) is 51.4 Å². The van der Waals surface area contributed by atoms with Gasteiger partial charge in [-0.1, -0.05) is 6.07 Å². The minimum Gasteiger partial charge on any atom is -0.493 e. The van der Waals surface area contributed by atoms with Crippen molar-refractivity contribution in [1.29, 1.82) is 0 Å². The second kappa shape index (κ2) is 8.60. The van der Waals surface area contributed by atoms with Crippen molar-refractivity contribution in [3.05, 3.63) is 23.8 Å². The molecular formula is C26H36N2O4. The number of carbonyl (C=O) groups is 2. The predicted molar refractivity (Wildman–Crippen MR) is 122 cm³/mol. The Labute approximate surface area is 191 Å². The van der Waals surface area contributed by atoms with Gasteiger partial charge in [-0.05, 0) is 80.4 Å². The highest BCUT2D eigenvalue weighted by Gasteiger charge is 2.55. The number of hydrogen-bond acceptors (Lipinski definition) is 4. The number of methoxy groups -OCH3 is 2. The number of nitrogens with zero attached hydrogens (tertiary/aromatic N) is 2. The highest BCUT2D eigenvalue weighted by molar-refractivity contribution is 5.84. The maximum Gasteiger partial charge on any atom is 0.228 e. The van der Waals surface area contributed by atoms with Crippen molar-refractivity contribution < 1.29 is 19.1 Å². The second-order valence-electron chi connectivity index (χ2n) is 10.6. The summed E-state index contributed by atoms with van der Waals surface area (Å²) in [5, 5.41) is 0. The maximum atomic E-state index is 13.6. The number of ether oxygens (including phenoxy) is 2. The summed E-state index contributed by atoms with van der Waals surface area (Å²) < 4.78 is 10.6. The van der Waals surface area contributed by atoms with Gasteiger partial charge in [0.05, 0.1) is 19.6 Å². The summed E-state index contributed by atoms with van der Waals surface area (Å²) in [6, 6.07) is 5.80. The Balaban J connectivity index is 1.13. The first-order valence-electron chi connectivity index (χ1n) is 12.3. The first-order valence-corrected chi connectivity index (χ1v) is 12.3. The smallest absolute Gasteiger partial charge is 0.228 e. The molecule has 1 saturated heterocycles. The molecule has 2 amide bonds. The van der Waals surface area contributed by atoms with E-state index < -0.39 is 0 Å². The first-order chi connectivity index (χ1) is 15.5. The molecule has 5 aliphatic rings. The molecule has 4 aliphatic carbocycles. The molecular weight excluding hydrogens is 404 g/mol. The lowest BCUT2D eigenvalue weighted by molar-refractivity contribution is -0.160. The van der Waals surface area contributed by atoms with E-state index in [4.69, 9.17) is 9.47 Å². The third kappa shape index (κ3) is 3.97. The van der Waals surface area contributed by atoms with E-state index in [1.165, 1.54) is 19.3 Å². The number of aryl methyl sites for hydroxylation is 1. The fourth-order valence-electron chi connectivity index (χ4n) is 7.31. The maximum absolute atomic E-state index is 13.6. The Bertz CT molecular complexity index is 839. The van der Waals surface area contributed by atoms with E-state index >= 15 is 0 Å². The van der Waals surface area contributed by atoms with Gasteiger partial charge in [0.1, 0.15) is 0 Å². The molecule has 0 spiro atoms. The summed E-state index contributed by atoms with van der Waals surface area (Å²) in [4.78, 5) is 30.4. The molecule has 174 valence electrons. The van der Waals surface area contributed by atoms with Crippen LogP contribution in [0.1, 0.15) is 50.5 Å². The van der Waals surface area contributed by atoms with Crippen molar-refractivity contribution in [3.8, 4) is 11.5 Å². The van der Waals surface area contributed by atoms with Gasteiger partial charge >= 0.3 is 0 Å². The van der Waals surface area contributed by atoms with Crippen LogP contribution >= 0.6 is 0 Å². The molecule has 0 unspecified atom stereocenters. The fourth-order valence-corrected chi connectivity index (χ4v) is 7.31. The van der Waals surface area contributed by atoms with Crippen LogP contribution in [0.2, 0.25) is 0 Å². The van der Waals surface area contributed by atoms with E-state index in [9.17, 15) is 9.59 Å². The van der Waals surface area contributed by atoms with Gasteiger partial charge in [0.25, 0.3) is 0 Å². The normalized spacial score (nSPS) is 31.0. The number of piperazine rings is 1. The van der Waals surface area contributed by atoms with Crippen LogP contribution in [-0.4, -0.2) is 62.0 Å². The van der Waals surface area contributed by atoms with Crippen LogP contribution in [0.15, 0.2) is 18.2 Å². The lowest BCUT2D eigenvalue weighted by Gasteiger charge is -2.57. The van der Waals surface area contributed by atoms with Crippen LogP contribution < -0.4 is 9.47 Å². The van der Waals surface area contributed by atoms with Gasteiger partial charge in [-0.3, -0.25) is 9.59 Å². The number of hydrogen-bond donors (Lipinski definition) is 0. The average Bonchev–Trinajstić information content (AvgIpc) is 2.81. The van der Waals surface area contributed by atoms with Gasteiger partial charge < -0.3 is 19.3 Å². The van der Waals surface area contributed by atoms with Gasteiger partial charge in [0, 0.05) is 32.6 Å². The zero-order valence-corrected chi connectivity index (χ0v) is 19.5. The Morgan fingerprint density at radius 1 is 0.875 bits per heavy atom. The van der Waals surface area contributed by atoms with Gasteiger partial charge in [0.2, 0.25) is 11.8 Å². The van der Waals surface area contributed by atoms with Crippen LogP contribution in [0.3, 0.4) is 0 Å². The Morgan fingerprint density at radius 2 is 1.44 bits per heavy atom. The van der Waals surface area contributed by atoms with Gasteiger partial charge in [-0.2, -0.15) is 0 Å². The molecule has 1 aromatic carbocycles. The van der Waals surface area contributed by atoms with Crippen molar-refractivity contribution >= 4 is 11.8 Å². The minimum atomic E-state index is -0.0750. The summed E-state index contributed by atoms with van der Waals surface area (Å²) in [6.07, 6.45) is 8.55. The highest BCUT2D eigenvalue weighted by atomic mass is 16.5. The van der Waals surface area contributed by atoms with Crippen molar-refractivity contribution in [1.82, 2.24) is 9.80 Å². The standard InChI is InChI=1S/C26H36N2O4/c1-31-22-5-3-18(14-23(22)32-2)4-6-24(29)27-7-9-28(10-8-27)25(30)26-15-19-11-20(16-26)13-21(12-19)17-26/h3,5,14,19-21H,4,6-13,15-17H2,1-2H3. The molecule has 6 heteroatoms. The third-order valence-corrected chi connectivity index (χ3v) is 8.49. The molecule has 0 N–H and O–H groups in total. The van der Waals surface area contributed by atoms with Crippen LogP contribution in [0, 0.1) is 23.2 Å².